The number of aliphatic carboxylic acids is 1. The summed E-state index contributed by atoms with van der Waals surface area (Å²) in [5, 5.41) is 14.9. The van der Waals surface area contributed by atoms with Gasteiger partial charge < -0.3 is 10.4 Å². The molecule has 0 saturated carbocycles. The lowest BCUT2D eigenvalue weighted by molar-refractivity contribution is -0.131. The molecule has 0 radical (unpaired) electrons. The third-order valence-electron chi connectivity index (χ3n) is 1.98. The largest absolute Gasteiger partial charge is 0.478 e. The van der Waals surface area contributed by atoms with Gasteiger partial charge in [-0.2, -0.15) is 5.10 Å². The number of carboxylic acids is 1. The molecular weight excluding hydrogens is 210 g/mol. The molecule has 1 heterocycles. The maximum Gasteiger partial charge on any atom is 0.328 e. The zero-order chi connectivity index (χ0) is 12.0. The number of rotatable bonds is 5. The highest BCUT2D eigenvalue weighted by Crippen LogP contribution is 1.95. The molecule has 0 unspecified atom stereocenters. The SMILES string of the molecule is Cn1nccc1CCNC(=O)/C=C/C(=O)O. The number of hydrogen-bond donors (Lipinski definition) is 2. The van der Waals surface area contributed by atoms with Crippen molar-refractivity contribution >= 4 is 11.9 Å². The summed E-state index contributed by atoms with van der Waals surface area (Å²) in [5.41, 5.74) is 1.00. The topological polar surface area (TPSA) is 84.2 Å². The van der Waals surface area contributed by atoms with Crippen molar-refractivity contribution in [3.8, 4) is 0 Å². The molecule has 0 spiro atoms. The Labute approximate surface area is 92.6 Å². The highest BCUT2D eigenvalue weighted by Gasteiger charge is 2.00. The quantitative estimate of drug-likeness (QED) is 0.672. The molecule has 1 amide bonds. The third kappa shape index (κ3) is 3.95. The highest BCUT2D eigenvalue weighted by atomic mass is 16.4. The second-order valence-corrected chi connectivity index (χ2v) is 3.16. The van der Waals surface area contributed by atoms with Crippen molar-refractivity contribution in [1.29, 1.82) is 0 Å². The van der Waals surface area contributed by atoms with Crippen LogP contribution in [0.1, 0.15) is 5.69 Å². The first kappa shape index (κ1) is 12.0. The van der Waals surface area contributed by atoms with Crippen LogP contribution in [0.4, 0.5) is 0 Å². The molecule has 0 aliphatic carbocycles. The molecule has 0 atom stereocenters. The van der Waals surface area contributed by atoms with Crippen LogP contribution in [0.3, 0.4) is 0 Å². The highest BCUT2D eigenvalue weighted by molar-refractivity contribution is 5.93. The van der Waals surface area contributed by atoms with Gasteiger partial charge in [-0.05, 0) is 6.07 Å². The first-order chi connectivity index (χ1) is 7.59. The number of amides is 1. The summed E-state index contributed by atoms with van der Waals surface area (Å²) >= 11 is 0. The number of aryl methyl sites for hydroxylation is 1. The van der Waals surface area contributed by atoms with Gasteiger partial charge in [0.05, 0.1) is 0 Å². The van der Waals surface area contributed by atoms with E-state index in [0.717, 1.165) is 17.8 Å². The third-order valence-corrected chi connectivity index (χ3v) is 1.98. The smallest absolute Gasteiger partial charge is 0.328 e. The second kappa shape index (κ2) is 5.69. The van der Waals surface area contributed by atoms with Crippen LogP contribution in [-0.2, 0) is 23.1 Å². The van der Waals surface area contributed by atoms with Crippen LogP contribution in [0.15, 0.2) is 24.4 Å². The van der Waals surface area contributed by atoms with Crippen molar-refractivity contribution in [3.63, 3.8) is 0 Å². The minimum atomic E-state index is -1.14. The van der Waals surface area contributed by atoms with Crippen LogP contribution in [0.25, 0.3) is 0 Å². The summed E-state index contributed by atoms with van der Waals surface area (Å²) in [4.78, 5) is 21.2. The molecule has 86 valence electrons. The van der Waals surface area contributed by atoms with Crippen LogP contribution in [0.5, 0.6) is 0 Å². The van der Waals surface area contributed by atoms with E-state index in [1.165, 1.54) is 0 Å². The fourth-order valence-electron chi connectivity index (χ4n) is 1.17. The summed E-state index contributed by atoms with van der Waals surface area (Å²) in [5.74, 6) is -1.55. The van der Waals surface area contributed by atoms with E-state index in [2.05, 4.69) is 10.4 Å². The normalized spacial score (nSPS) is 10.6. The lowest BCUT2D eigenvalue weighted by atomic mass is 10.3. The Bertz CT molecular complexity index is 409. The lowest BCUT2D eigenvalue weighted by Gasteiger charge is -2.02. The molecule has 0 aromatic carbocycles. The van der Waals surface area contributed by atoms with Crippen LogP contribution >= 0.6 is 0 Å². The van der Waals surface area contributed by atoms with Gasteiger partial charge in [0.1, 0.15) is 0 Å². The number of aromatic nitrogens is 2. The maximum absolute atomic E-state index is 11.1. The zero-order valence-corrected chi connectivity index (χ0v) is 8.88. The molecule has 0 bridgehead atoms. The predicted molar refractivity (Wildman–Crippen MR) is 56.7 cm³/mol. The average molecular weight is 223 g/mol. The molecule has 0 saturated heterocycles. The first-order valence-electron chi connectivity index (χ1n) is 4.75. The Balaban J connectivity index is 2.28. The van der Waals surface area contributed by atoms with Gasteiger partial charge in [-0.15, -0.1) is 0 Å². The van der Waals surface area contributed by atoms with Crippen molar-refractivity contribution in [1.82, 2.24) is 15.1 Å². The number of carbonyl (C=O) groups is 2. The molecular formula is C10H13N3O3. The molecule has 0 aliphatic heterocycles. The summed E-state index contributed by atoms with van der Waals surface area (Å²) in [7, 11) is 1.82. The number of carbonyl (C=O) groups excluding carboxylic acids is 1. The Morgan fingerprint density at radius 3 is 2.88 bits per heavy atom. The summed E-state index contributed by atoms with van der Waals surface area (Å²) in [6, 6.07) is 1.86. The van der Waals surface area contributed by atoms with E-state index < -0.39 is 11.9 Å². The monoisotopic (exact) mass is 223 g/mol. The van der Waals surface area contributed by atoms with E-state index >= 15 is 0 Å². The van der Waals surface area contributed by atoms with Gasteiger partial charge in [0.25, 0.3) is 0 Å². The van der Waals surface area contributed by atoms with E-state index in [9.17, 15) is 9.59 Å². The minimum absolute atomic E-state index is 0.412. The number of carboxylic acid groups (broad SMARTS) is 1. The molecule has 6 heteroatoms. The number of nitrogens with zero attached hydrogens (tertiary/aromatic N) is 2. The van der Waals surface area contributed by atoms with Gasteiger partial charge in [0.15, 0.2) is 0 Å². The zero-order valence-electron chi connectivity index (χ0n) is 8.88. The molecule has 0 aliphatic rings. The molecule has 1 rings (SSSR count). The predicted octanol–water partition coefficient (Wildman–Crippen LogP) is -0.280. The van der Waals surface area contributed by atoms with Gasteiger partial charge in [-0.25, -0.2) is 4.79 Å². The molecule has 16 heavy (non-hydrogen) atoms. The van der Waals surface area contributed by atoms with Crippen molar-refractivity contribution in [3.05, 3.63) is 30.1 Å². The summed E-state index contributed by atoms with van der Waals surface area (Å²) in [6.45, 7) is 0.447. The lowest BCUT2D eigenvalue weighted by Crippen LogP contribution is -2.24. The van der Waals surface area contributed by atoms with Gasteiger partial charge in [0, 0.05) is 44.1 Å². The molecule has 0 fully saturated rings. The minimum Gasteiger partial charge on any atom is -0.478 e. The Morgan fingerprint density at radius 1 is 1.56 bits per heavy atom. The Morgan fingerprint density at radius 2 is 2.31 bits per heavy atom. The average Bonchev–Trinajstić information content (AvgIpc) is 2.61. The van der Waals surface area contributed by atoms with Crippen LogP contribution in [0.2, 0.25) is 0 Å². The summed E-state index contributed by atoms with van der Waals surface area (Å²) < 4.78 is 1.72. The van der Waals surface area contributed by atoms with Gasteiger partial charge in [-0.1, -0.05) is 0 Å². The number of hydrogen-bond acceptors (Lipinski definition) is 3. The van der Waals surface area contributed by atoms with Crippen LogP contribution < -0.4 is 5.32 Å². The fraction of sp³-hybridized carbons (Fsp3) is 0.300. The van der Waals surface area contributed by atoms with E-state index in [1.807, 2.05) is 13.1 Å². The van der Waals surface area contributed by atoms with Crippen LogP contribution in [-0.4, -0.2) is 33.3 Å². The van der Waals surface area contributed by atoms with E-state index in [4.69, 9.17) is 5.11 Å². The van der Waals surface area contributed by atoms with Gasteiger partial charge >= 0.3 is 5.97 Å². The van der Waals surface area contributed by atoms with Gasteiger partial charge in [0.2, 0.25) is 5.91 Å². The molecule has 1 aromatic rings. The fourth-order valence-corrected chi connectivity index (χ4v) is 1.17. The van der Waals surface area contributed by atoms with Crippen LogP contribution in [0, 0.1) is 0 Å². The standard InChI is InChI=1S/C10H13N3O3/c1-13-8(5-7-12-13)4-6-11-9(14)2-3-10(15)16/h2-3,5,7H,4,6H2,1H3,(H,11,14)(H,15,16)/b3-2+. The van der Waals surface area contributed by atoms with E-state index in [1.54, 1.807) is 10.9 Å². The molecule has 2 N–H and O–H groups in total. The van der Waals surface area contributed by atoms with Crippen molar-refractivity contribution < 1.29 is 14.7 Å². The number of nitrogens with one attached hydrogen (secondary N) is 1. The first-order valence-corrected chi connectivity index (χ1v) is 4.75. The van der Waals surface area contributed by atoms with Crippen molar-refractivity contribution in [2.75, 3.05) is 6.54 Å². The van der Waals surface area contributed by atoms with Gasteiger partial charge in [-0.3, -0.25) is 9.48 Å². The Kier molecular flexibility index (Phi) is 4.26. The maximum atomic E-state index is 11.1. The second-order valence-electron chi connectivity index (χ2n) is 3.16. The molecule has 1 aromatic heterocycles. The summed E-state index contributed by atoms with van der Waals surface area (Å²) in [6.07, 6.45) is 4.13. The van der Waals surface area contributed by atoms with E-state index in [-0.39, 0.29) is 0 Å². The van der Waals surface area contributed by atoms with E-state index in [0.29, 0.717) is 13.0 Å². The van der Waals surface area contributed by atoms with Crippen molar-refractivity contribution in [2.45, 2.75) is 6.42 Å². The Hall–Kier alpha value is -2.11. The van der Waals surface area contributed by atoms with Crippen molar-refractivity contribution in [2.24, 2.45) is 7.05 Å². The molecule has 6 nitrogen and oxygen atoms in total.